The molecule has 1 fully saturated rings. The van der Waals surface area contributed by atoms with Crippen LogP contribution in [-0.2, 0) is 16.0 Å². The number of nitrogens with zero attached hydrogens (tertiary/aromatic N) is 1. The molecule has 0 radical (unpaired) electrons. The Balaban J connectivity index is 1.74. The van der Waals surface area contributed by atoms with Crippen LogP contribution in [0.3, 0.4) is 0 Å². The number of hydrogen-bond donors (Lipinski definition) is 0. The van der Waals surface area contributed by atoms with Gasteiger partial charge < -0.3 is 14.4 Å². The Morgan fingerprint density at radius 2 is 2.25 bits per heavy atom. The van der Waals surface area contributed by atoms with Crippen LogP contribution in [0.1, 0.15) is 12.5 Å². The lowest BCUT2D eigenvalue weighted by atomic mass is 9.95. The zero-order chi connectivity index (χ0) is 14.1. The number of halogens is 1. The fraction of sp³-hybridized carbons (Fsp3) is 0.533. The second-order valence-electron chi connectivity index (χ2n) is 5.42. The molecular formula is C15H18ClNO3. The number of fused-ring (bicyclic) bond motifs is 1. The highest BCUT2D eigenvalue weighted by Crippen LogP contribution is 2.30. The molecule has 4 nitrogen and oxygen atoms in total. The van der Waals surface area contributed by atoms with E-state index in [0.717, 1.165) is 11.3 Å². The van der Waals surface area contributed by atoms with Gasteiger partial charge in [0.1, 0.15) is 12.4 Å². The van der Waals surface area contributed by atoms with Crippen molar-refractivity contribution < 1.29 is 14.3 Å². The topological polar surface area (TPSA) is 38.8 Å². The van der Waals surface area contributed by atoms with Crippen molar-refractivity contribution in [2.45, 2.75) is 19.4 Å². The van der Waals surface area contributed by atoms with Gasteiger partial charge in [0, 0.05) is 11.6 Å². The maximum Gasteiger partial charge on any atom is 0.229 e. The standard InChI is InChI=1S/C15H18ClNO3/c1-10-8-19-5-4-17(10)15(18)12-6-11-7-13(16)2-3-14(11)20-9-12/h2-3,7,10,12H,4-6,8-9H2,1H3. The molecule has 108 valence electrons. The van der Waals surface area contributed by atoms with Crippen LogP contribution in [0.5, 0.6) is 5.75 Å². The molecular weight excluding hydrogens is 278 g/mol. The Morgan fingerprint density at radius 1 is 1.40 bits per heavy atom. The van der Waals surface area contributed by atoms with Crippen LogP contribution in [0.2, 0.25) is 5.02 Å². The molecule has 20 heavy (non-hydrogen) atoms. The zero-order valence-electron chi connectivity index (χ0n) is 11.5. The molecule has 3 rings (SSSR count). The third kappa shape index (κ3) is 2.63. The van der Waals surface area contributed by atoms with Gasteiger partial charge in [0.05, 0.1) is 25.2 Å². The van der Waals surface area contributed by atoms with Crippen molar-refractivity contribution in [2.24, 2.45) is 5.92 Å². The predicted octanol–water partition coefficient (Wildman–Crippen LogP) is 2.14. The van der Waals surface area contributed by atoms with Crippen molar-refractivity contribution in [3.05, 3.63) is 28.8 Å². The third-order valence-electron chi connectivity index (χ3n) is 3.93. The molecule has 0 aromatic heterocycles. The predicted molar refractivity (Wildman–Crippen MR) is 76.1 cm³/mol. The smallest absolute Gasteiger partial charge is 0.229 e. The van der Waals surface area contributed by atoms with Gasteiger partial charge in [-0.25, -0.2) is 0 Å². The fourth-order valence-electron chi connectivity index (χ4n) is 2.81. The average molecular weight is 296 g/mol. The molecule has 2 atom stereocenters. The van der Waals surface area contributed by atoms with E-state index >= 15 is 0 Å². The quantitative estimate of drug-likeness (QED) is 0.797. The number of hydrogen-bond acceptors (Lipinski definition) is 3. The maximum atomic E-state index is 12.6. The summed E-state index contributed by atoms with van der Waals surface area (Å²) in [5, 5.41) is 0.681. The van der Waals surface area contributed by atoms with Crippen molar-refractivity contribution in [2.75, 3.05) is 26.4 Å². The van der Waals surface area contributed by atoms with Gasteiger partial charge in [-0.2, -0.15) is 0 Å². The molecule has 0 aliphatic carbocycles. The number of rotatable bonds is 1. The molecule has 2 heterocycles. The third-order valence-corrected chi connectivity index (χ3v) is 4.16. The molecule has 0 N–H and O–H groups in total. The molecule has 1 amide bonds. The molecule has 2 aliphatic heterocycles. The monoisotopic (exact) mass is 295 g/mol. The Morgan fingerprint density at radius 3 is 3.05 bits per heavy atom. The van der Waals surface area contributed by atoms with Crippen molar-refractivity contribution in [1.29, 1.82) is 0 Å². The van der Waals surface area contributed by atoms with Crippen molar-refractivity contribution >= 4 is 17.5 Å². The minimum absolute atomic E-state index is 0.124. The number of carbonyl (C=O) groups is 1. The SMILES string of the molecule is CC1COCCN1C(=O)C1COc2ccc(Cl)cc2C1. The van der Waals surface area contributed by atoms with E-state index in [2.05, 4.69) is 0 Å². The van der Waals surface area contributed by atoms with Crippen LogP contribution in [-0.4, -0.2) is 43.2 Å². The van der Waals surface area contributed by atoms with Gasteiger partial charge in [0.15, 0.2) is 0 Å². The molecule has 5 heteroatoms. The normalized spacial score (nSPS) is 25.8. The lowest BCUT2D eigenvalue weighted by molar-refractivity contribution is -0.144. The van der Waals surface area contributed by atoms with Gasteiger partial charge in [-0.15, -0.1) is 0 Å². The van der Waals surface area contributed by atoms with Crippen molar-refractivity contribution in [3.8, 4) is 5.75 Å². The van der Waals surface area contributed by atoms with Crippen LogP contribution in [0, 0.1) is 5.92 Å². The highest BCUT2D eigenvalue weighted by Gasteiger charge is 2.33. The Bertz CT molecular complexity index is 520. The molecule has 0 spiro atoms. The Kier molecular flexibility index (Phi) is 3.85. The fourth-order valence-corrected chi connectivity index (χ4v) is 3.01. The summed E-state index contributed by atoms with van der Waals surface area (Å²) < 4.78 is 11.1. The largest absolute Gasteiger partial charge is 0.492 e. The van der Waals surface area contributed by atoms with Gasteiger partial charge in [-0.3, -0.25) is 4.79 Å². The van der Waals surface area contributed by atoms with E-state index < -0.39 is 0 Å². The van der Waals surface area contributed by atoms with Crippen molar-refractivity contribution in [1.82, 2.24) is 4.90 Å². The summed E-state index contributed by atoms with van der Waals surface area (Å²) in [6, 6.07) is 5.71. The summed E-state index contributed by atoms with van der Waals surface area (Å²) >= 11 is 6.01. The van der Waals surface area contributed by atoms with Gasteiger partial charge in [-0.1, -0.05) is 11.6 Å². The summed E-state index contributed by atoms with van der Waals surface area (Å²) in [4.78, 5) is 14.5. The highest BCUT2D eigenvalue weighted by atomic mass is 35.5. The number of benzene rings is 1. The molecule has 1 aromatic carbocycles. The first-order valence-corrected chi connectivity index (χ1v) is 7.32. The van der Waals surface area contributed by atoms with Crippen LogP contribution in [0.4, 0.5) is 0 Å². The second kappa shape index (κ2) is 5.62. The summed E-state index contributed by atoms with van der Waals surface area (Å²) in [5.41, 5.74) is 1.02. The molecule has 0 saturated carbocycles. The summed E-state index contributed by atoms with van der Waals surface area (Å²) in [6.45, 7) is 4.36. The van der Waals surface area contributed by atoms with Gasteiger partial charge in [0.2, 0.25) is 5.91 Å². The van der Waals surface area contributed by atoms with Crippen LogP contribution >= 0.6 is 11.6 Å². The van der Waals surface area contributed by atoms with E-state index in [1.54, 1.807) is 0 Å². The number of morpholine rings is 1. The lowest BCUT2D eigenvalue weighted by Gasteiger charge is -2.36. The average Bonchev–Trinajstić information content (AvgIpc) is 2.46. The first-order chi connectivity index (χ1) is 9.65. The van der Waals surface area contributed by atoms with E-state index in [1.807, 2.05) is 30.0 Å². The van der Waals surface area contributed by atoms with E-state index in [1.165, 1.54) is 0 Å². The van der Waals surface area contributed by atoms with E-state index in [9.17, 15) is 4.79 Å². The zero-order valence-corrected chi connectivity index (χ0v) is 12.2. The van der Waals surface area contributed by atoms with Gasteiger partial charge >= 0.3 is 0 Å². The molecule has 1 saturated heterocycles. The van der Waals surface area contributed by atoms with E-state index in [4.69, 9.17) is 21.1 Å². The second-order valence-corrected chi connectivity index (χ2v) is 5.86. The maximum absolute atomic E-state index is 12.6. The number of ether oxygens (including phenoxy) is 2. The highest BCUT2D eigenvalue weighted by molar-refractivity contribution is 6.30. The van der Waals surface area contributed by atoms with Crippen LogP contribution < -0.4 is 4.74 Å². The molecule has 0 bridgehead atoms. The van der Waals surface area contributed by atoms with E-state index in [0.29, 0.717) is 37.8 Å². The molecule has 2 aliphatic rings. The van der Waals surface area contributed by atoms with Gasteiger partial charge in [0.25, 0.3) is 0 Å². The van der Waals surface area contributed by atoms with Crippen molar-refractivity contribution in [3.63, 3.8) is 0 Å². The molecule has 2 unspecified atom stereocenters. The minimum atomic E-state index is -0.124. The first-order valence-electron chi connectivity index (χ1n) is 6.94. The number of carbonyl (C=O) groups excluding carboxylic acids is 1. The van der Waals surface area contributed by atoms with E-state index in [-0.39, 0.29) is 17.9 Å². The number of amides is 1. The Hall–Kier alpha value is -1.26. The van der Waals surface area contributed by atoms with Gasteiger partial charge in [-0.05, 0) is 37.1 Å². The Labute approximate surface area is 123 Å². The van der Waals surface area contributed by atoms with Crippen LogP contribution in [0.15, 0.2) is 18.2 Å². The summed E-state index contributed by atoms with van der Waals surface area (Å²) in [6.07, 6.45) is 0.693. The lowest BCUT2D eigenvalue weighted by Crippen LogP contribution is -2.51. The first kappa shape index (κ1) is 13.7. The minimum Gasteiger partial charge on any atom is -0.492 e. The summed E-state index contributed by atoms with van der Waals surface area (Å²) in [7, 11) is 0. The summed E-state index contributed by atoms with van der Waals surface area (Å²) in [5.74, 6) is 0.876. The van der Waals surface area contributed by atoms with Crippen LogP contribution in [0.25, 0.3) is 0 Å². The molecule has 1 aromatic rings.